The van der Waals surface area contributed by atoms with Gasteiger partial charge in [0.25, 0.3) is 0 Å². The summed E-state index contributed by atoms with van der Waals surface area (Å²) >= 11 is 1.85. The van der Waals surface area contributed by atoms with Crippen LogP contribution in [0.3, 0.4) is 0 Å². The lowest BCUT2D eigenvalue weighted by Gasteiger charge is -2.08. The second kappa shape index (κ2) is 7.72. The number of hydrogen-bond acceptors (Lipinski definition) is 3. The first-order valence-electron chi connectivity index (χ1n) is 6.47. The monoisotopic (exact) mass is 286 g/mol. The van der Waals surface area contributed by atoms with Gasteiger partial charge in [-0.15, -0.1) is 0 Å². The van der Waals surface area contributed by atoms with E-state index in [1.807, 2.05) is 36.0 Å². The van der Waals surface area contributed by atoms with Gasteiger partial charge in [-0.2, -0.15) is 11.8 Å². The molecular formula is C16H18N2OS. The van der Waals surface area contributed by atoms with E-state index < -0.39 is 0 Å². The Balaban J connectivity index is 1.94. The van der Waals surface area contributed by atoms with Gasteiger partial charge in [-0.05, 0) is 16.7 Å². The number of benzene rings is 2. The molecule has 3 N–H and O–H groups in total. The Kier molecular flexibility index (Phi) is 5.65. The summed E-state index contributed by atoms with van der Waals surface area (Å²) in [4.78, 5) is 11.4. The molecule has 4 heteroatoms. The highest BCUT2D eigenvalue weighted by molar-refractivity contribution is 7.97. The zero-order chi connectivity index (χ0) is 14.2. The van der Waals surface area contributed by atoms with Gasteiger partial charge >= 0.3 is 0 Å². The molecule has 3 nitrogen and oxygen atoms in total. The first-order chi connectivity index (χ1) is 9.79. The molecule has 104 valence electrons. The number of thioether (sulfide) groups is 1. The average Bonchev–Trinajstić information content (AvgIpc) is 2.50. The van der Waals surface area contributed by atoms with Gasteiger partial charge in [0.15, 0.2) is 0 Å². The SMILES string of the molecule is NNC(=O)Cc1ccccc1CSCc1ccccc1. The molecule has 1 amide bonds. The summed E-state index contributed by atoms with van der Waals surface area (Å²) in [7, 11) is 0. The van der Waals surface area contributed by atoms with Crippen LogP contribution in [0.4, 0.5) is 0 Å². The standard InChI is InChI=1S/C16H18N2OS/c17-18-16(19)10-14-8-4-5-9-15(14)12-20-11-13-6-2-1-3-7-13/h1-9H,10-12,17H2,(H,18,19). The average molecular weight is 286 g/mol. The fraction of sp³-hybridized carbons (Fsp3) is 0.188. The minimum atomic E-state index is -0.162. The van der Waals surface area contributed by atoms with E-state index in [2.05, 4.69) is 35.8 Å². The molecule has 0 fully saturated rings. The van der Waals surface area contributed by atoms with Gasteiger partial charge in [-0.3, -0.25) is 10.2 Å². The minimum Gasteiger partial charge on any atom is -0.294 e. The molecule has 0 atom stereocenters. The Bertz CT molecular complexity index is 557. The predicted molar refractivity (Wildman–Crippen MR) is 83.9 cm³/mol. The van der Waals surface area contributed by atoms with Crippen molar-refractivity contribution in [3.8, 4) is 0 Å². The summed E-state index contributed by atoms with van der Waals surface area (Å²) in [5.74, 6) is 6.84. The van der Waals surface area contributed by atoms with E-state index in [9.17, 15) is 4.79 Å². The van der Waals surface area contributed by atoms with E-state index in [1.54, 1.807) is 0 Å². The van der Waals surface area contributed by atoms with E-state index in [4.69, 9.17) is 5.84 Å². The van der Waals surface area contributed by atoms with Crippen LogP contribution in [-0.2, 0) is 22.7 Å². The molecule has 0 saturated carbocycles. The smallest absolute Gasteiger partial charge is 0.238 e. The predicted octanol–water partition coefficient (Wildman–Crippen LogP) is 2.65. The van der Waals surface area contributed by atoms with Crippen LogP contribution >= 0.6 is 11.8 Å². The van der Waals surface area contributed by atoms with E-state index in [0.717, 1.165) is 17.1 Å². The van der Waals surface area contributed by atoms with Crippen molar-refractivity contribution in [2.45, 2.75) is 17.9 Å². The van der Waals surface area contributed by atoms with Gasteiger partial charge in [0.2, 0.25) is 5.91 Å². The van der Waals surface area contributed by atoms with E-state index in [-0.39, 0.29) is 5.91 Å². The van der Waals surface area contributed by atoms with Crippen molar-refractivity contribution in [1.29, 1.82) is 0 Å². The molecule has 0 unspecified atom stereocenters. The maximum absolute atomic E-state index is 11.4. The Morgan fingerprint density at radius 3 is 2.30 bits per heavy atom. The third-order valence-corrected chi connectivity index (χ3v) is 4.05. The summed E-state index contributed by atoms with van der Waals surface area (Å²) in [6, 6.07) is 18.4. The molecule has 0 radical (unpaired) electrons. The number of rotatable bonds is 6. The van der Waals surface area contributed by atoms with Gasteiger partial charge in [0, 0.05) is 11.5 Å². The molecule has 2 aromatic carbocycles. The van der Waals surface area contributed by atoms with Crippen molar-refractivity contribution in [1.82, 2.24) is 5.43 Å². The maximum atomic E-state index is 11.4. The topological polar surface area (TPSA) is 55.1 Å². The largest absolute Gasteiger partial charge is 0.294 e. The minimum absolute atomic E-state index is 0.162. The highest BCUT2D eigenvalue weighted by Gasteiger charge is 2.06. The second-order valence-electron chi connectivity index (χ2n) is 4.49. The number of amides is 1. The van der Waals surface area contributed by atoms with E-state index >= 15 is 0 Å². The van der Waals surface area contributed by atoms with Crippen LogP contribution in [0.25, 0.3) is 0 Å². The van der Waals surface area contributed by atoms with Crippen LogP contribution in [0, 0.1) is 0 Å². The van der Waals surface area contributed by atoms with Crippen LogP contribution in [0.2, 0.25) is 0 Å². The first kappa shape index (κ1) is 14.6. The van der Waals surface area contributed by atoms with Crippen LogP contribution in [0.1, 0.15) is 16.7 Å². The molecule has 0 aliphatic rings. The third kappa shape index (κ3) is 4.40. The van der Waals surface area contributed by atoms with Crippen LogP contribution in [-0.4, -0.2) is 5.91 Å². The van der Waals surface area contributed by atoms with Crippen LogP contribution in [0.5, 0.6) is 0 Å². The molecule has 0 bridgehead atoms. The van der Waals surface area contributed by atoms with Crippen molar-refractivity contribution in [2.75, 3.05) is 0 Å². The normalized spacial score (nSPS) is 10.2. The number of hydrogen-bond donors (Lipinski definition) is 2. The van der Waals surface area contributed by atoms with E-state index in [1.165, 1.54) is 11.1 Å². The maximum Gasteiger partial charge on any atom is 0.238 e. The summed E-state index contributed by atoms with van der Waals surface area (Å²) in [5, 5.41) is 0. The van der Waals surface area contributed by atoms with Gasteiger partial charge in [0.05, 0.1) is 6.42 Å². The molecule has 0 heterocycles. The summed E-state index contributed by atoms with van der Waals surface area (Å²) in [5.41, 5.74) is 5.72. The highest BCUT2D eigenvalue weighted by Crippen LogP contribution is 2.20. The number of nitrogens with two attached hydrogens (primary N) is 1. The molecule has 20 heavy (non-hydrogen) atoms. The van der Waals surface area contributed by atoms with Crippen molar-refractivity contribution in [3.05, 3.63) is 71.3 Å². The van der Waals surface area contributed by atoms with Crippen molar-refractivity contribution in [2.24, 2.45) is 5.84 Å². The first-order valence-corrected chi connectivity index (χ1v) is 7.63. The Morgan fingerprint density at radius 2 is 1.60 bits per heavy atom. The van der Waals surface area contributed by atoms with Crippen molar-refractivity contribution < 1.29 is 4.79 Å². The lowest BCUT2D eigenvalue weighted by atomic mass is 10.1. The Labute approximate surface area is 123 Å². The zero-order valence-electron chi connectivity index (χ0n) is 11.2. The van der Waals surface area contributed by atoms with E-state index in [0.29, 0.717) is 6.42 Å². The summed E-state index contributed by atoms with van der Waals surface area (Å²) in [6.07, 6.45) is 0.332. The molecule has 2 aromatic rings. The number of hydrazine groups is 1. The summed E-state index contributed by atoms with van der Waals surface area (Å²) < 4.78 is 0. The van der Waals surface area contributed by atoms with Crippen LogP contribution < -0.4 is 11.3 Å². The number of carbonyl (C=O) groups excluding carboxylic acids is 1. The van der Waals surface area contributed by atoms with Gasteiger partial charge in [0.1, 0.15) is 0 Å². The molecule has 0 spiro atoms. The van der Waals surface area contributed by atoms with Crippen molar-refractivity contribution in [3.63, 3.8) is 0 Å². The lowest BCUT2D eigenvalue weighted by molar-refractivity contribution is -0.120. The van der Waals surface area contributed by atoms with Gasteiger partial charge in [-0.1, -0.05) is 54.6 Å². The Hall–Kier alpha value is -1.78. The van der Waals surface area contributed by atoms with Gasteiger partial charge in [-0.25, -0.2) is 5.84 Å². The second-order valence-corrected chi connectivity index (χ2v) is 5.48. The lowest BCUT2D eigenvalue weighted by Crippen LogP contribution is -2.31. The Morgan fingerprint density at radius 1 is 0.950 bits per heavy atom. The van der Waals surface area contributed by atoms with Gasteiger partial charge < -0.3 is 0 Å². The number of carbonyl (C=O) groups is 1. The molecule has 0 aliphatic heterocycles. The third-order valence-electron chi connectivity index (χ3n) is 3.00. The van der Waals surface area contributed by atoms with Crippen LogP contribution in [0.15, 0.2) is 54.6 Å². The molecule has 0 saturated heterocycles. The molecule has 0 aromatic heterocycles. The molecule has 2 rings (SSSR count). The van der Waals surface area contributed by atoms with Crippen molar-refractivity contribution >= 4 is 17.7 Å². The number of nitrogens with one attached hydrogen (secondary N) is 1. The molecule has 0 aliphatic carbocycles. The fourth-order valence-electron chi connectivity index (χ4n) is 1.95. The highest BCUT2D eigenvalue weighted by atomic mass is 32.2. The zero-order valence-corrected chi connectivity index (χ0v) is 12.0. The molecular weight excluding hydrogens is 268 g/mol. The fourth-order valence-corrected chi connectivity index (χ4v) is 2.98. The quantitative estimate of drug-likeness (QED) is 0.487. The summed E-state index contributed by atoms with van der Waals surface area (Å²) in [6.45, 7) is 0.